The van der Waals surface area contributed by atoms with Gasteiger partial charge in [0.15, 0.2) is 0 Å². The predicted octanol–water partition coefficient (Wildman–Crippen LogP) is 18.8. The molecule has 0 fully saturated rings. The van der Waals surface area contributed by atoms with Crippen molar-refractivity contribution in [2.24, 2.45) is 11.8 Å². The molecule has 0 radical (unpaired) electrons. The van der Waals surface area contributed by atoms with Gasteiger partial charge in [-0.2, -0.15) is 0 Å². The third kappa shape index (κ3) is 11.5. The standard InChI is InChI=1S/C48H68Br2S2/c1-5-9-13-17-19-23-27-35(25-21-15-11-7-3)29-37-39-31-42-40(32-41(39)47-43(37)33-45(49)51-47)38(44-34-46(50)52-48(42)44)30-36(26-22-16-12-8-4)28-24-20-18-14-10-6-2/h29-36H,5-28H2,1-4H3. The van der Waals surface area contributed by atoms with Crippen molar-refractivity contribution >= 4 is 65.7 Å². The van der Waals surface area contributed by atoms with Gasteiger partial charge in [-0.05, 0) is 116 Å². The third-order valence-corrected chi connectivity index (χ3v) is 15.1. The van der Waals surface area contributed by atoms with Crippen molar-refractivity contribution in [2.45, 2.75) is 182 Å². The van der Waals surface area contributed by atoms with E-state index >= 15 is 0 Å². The molecule has 286 valence electrons. The second-order valence-electron chi connectivity index (χ2n) is 16.0. The summed E-state index contributed by atoms with van der Waals surface area (Å²) < 4.78 is 2.52. The highest BCUT2D eigenvalue weighted by Crippen LogP contribution is 2.57. The van der Waals surface area contributed by atoms with E-state index in [1.165, 1.54) is 216 Å². The lowest BCUT2D eigenvalue weighted by atomic mass is 9.88. The largest absolute Gasteiger partial charge is 0.128 e. The monoisotopic (exact) mass is 866 g/mol. The molecule has 0 spiro atoms. The molecule has 0 saturated heterocycles. The summed E-state index contributed by atoms with van der Waals surface area (Å²) in [6, 6.07) is 10.1. The Morgan fingerprint density at radius 2 is 0.712 bits per heavy atom. The van der Waals surface area contributed by atoms with E-state index in [1.807, 2.05) is 22.7 Å². The van der Waals surface area contributed by atoms with Crippen LogP contribution in [0.15, 0.2) is 44.0 Å². The van der Waals surface area contributed by atoms with Gasteiger partial charge in [-0.1, -0.05) is 168 Å². The third-order valence-electron chi connectivity index (χ3n) is 11.7. The molecule has 0 nitrogen and oxygen atoms in total. The summed E-state index contributed by atoms with van der Waals surface area (Å²) >= 11 is 11.7. The molecule has 4 heteroatoms. The van der Waals surface area contributed by atoms with Crippen LogP contribution in [-0.4, -0.2) is 0 Å². The normalized spacial score (nSPS) is 15.7. The average Bonchev–Trinajstić information content (AvgIpc) is 3.86. The van der Waals surface area contributed by atoms with Gasteiger partial charge in [-0.25, -0.2) is 0 Å². The van der Waals surface area contributed by atoms with Crippen molar-refractivity contribution in [1.29, 1.82) is 0 Å². The fourth-order valence-electron chi connectivity index (χ4n) is 8.73. The van der Waals surface area contributed by atoms with Gasteiger partial charge in [0.25, 0.3) is 0 Å². The Morgan fingerprint density at radius 1 is 0.404 bits per heavy atom. The van der Waals surface area contributed by atoms with Gasteiger partial charge in [0.1, 0.15) is 0 Å². The van der Waals surface area contributed by atoms with Gasteiger partial charge in [-0.15, -0.1) is 22.7 Å². The SMILES string of the molecule is CCCCCCCCC(C=C1c2cc3c(cc2-c2sc(Br)cc21)C(=CC(CCCCCC)CCCCCCCC)c1cc(Br)sc1-3)CCCCCC. The number of hydrogen-bond acceptors (Lipinski definition) is 2. The minimum Gasteiger partial charge on any atom is -0.128 e. The maximum absolute atomic E-state index is 3.92. The average molecular weight is 869 g/mol. The lowest BCUT2D eigenvalue weighted by molar-refractivity contribution is 0.470. The van der Waals surface area contributed by atoms with Crippen molar-refractivity contribution in [3.05, 3.63) is 66.2 Å². The molecule has 0 saturated carbocycles. The smallest absolute Gasteiger partial charge is 0.0711 e. The zero-order valence-electron chi connectivity index (χ0n) is 33.2. The molecule has 2 atom stereocenters. The summed E-state index contributed by atoms with van der Waals surface area (Å²) in [7, 11) is 0. The quantitative estimate of drug-likeness (QED) is 0.0486. The van der Waals surface area contributed by atoms with E-state index in [-0.39, 0.29) is 0 Å². The molecule has 0 N–H and O–H groups in total. The van der Waals surface area contributed by atoms with Crippen LogP contribution < -0.4 is 0 Å². The highest BCUT2D eigenvalue weighted by atomic mass is 79.9. The van der Waals surface area contributed by atoms with Crippen molar-refractivity contribution < 1.29 is 0 Å². The van der Waals surface area contributed by atoms with Crippen LogP contribution in [0.5, 0.6) is 0 Å². The topological polar surface area (TPSA) is 0 Å². The summed E-state index contributed by atoms with van der Waals surface area (Å²) in [5.74, 6) is 1.31. The highest BCUT2D eigenvalue weighted by molar-refractivity contribution is 9.11. The van der Waals surface area contributed by atoms with Gasteiger partial charge >= 0.3 is 0 Å². The molecule has 0 bridgehead atoms. The lowest BCUT2D eigenvalue weighted by Crippen LogP contribution is -2.00. The maximum atomic E-state index is 3.92. The van der Waals surface area contributed by atoms with Gasteiger partial charge in [0.2, 0.25) is 0 Å². The van der Waals surface area contributed by atoms with E-state index in [2.05, 4.69) is 96.0 Å². The van der Waals surface area contributed by atoms with Gasteiger partial charge in [-0.3, -0.25) is 0 Å². The predicted molar refractivity (Wildman–Crippen MR) is 243 cm³/mol. The molecule has 2 aliphatic rings. The first kappa shape index (κ1) is 42.2. The Kier molecular flexibility index (Phi) is 18.3. The molecule has 2 unspecified atom stereocenters. The molecule has 2 aromatic heterocycles. The molecule has 1 aromatic carbocycles. The first-order valence-corrected chi connectivity index (χ1v) is 24.9. The number of thiophene rings is 2. The van der Waals surface area contributed by atoms with Crippen LogP contribution >= 0.6 is 54.5 Å². The number of benzene rings is 1. The summed E-state index contributed by atoms with van der Waals surface area (Å²) in [6.45, 7) is 9.31. The first-order chi connectivity index (χ1) is 25.5. The van der Waals surface area contributed by atoms with Crippen molar-refractivity contribution in [3.8, 4) is 20.9 Å². The van der Waals surface area contributed by atoms with E-state index in [4.69, 9.17) is 0 Å². The molecular formula is C48H68Br2S2. The van der Waals surface area contributed by atoms with E-state index in [1.54, 1.807) is 0 Å². The summed E-state index contributed by atoms with van der Waals surface area (Å²) in [6.07, 6.45) is 38.1. The Labute approximate surface area is 344 Å². The van der Waals surface area contributed by atoms with Crippen LogP contribution in [0.3, 0.4) is 0 Å². The first-order valence-electron chi connectivity index (χ1n) is 21.7. The molecule has 5 rings (SSSR count). The Hall–Kier alpha value is -0.940. The Bertz CT molecular complexity index is 1470. The number of allylic oxidation sites excluding steroid dienone is 2. The lowest BCUT2D eigenvalue weighted by Gasteiger charge is -2.16. The molecule has 2 heterocycles. The number of halogens is 2. The fraction of sp³-hybridized carbons (Fsp3) is 0.625. The van der Waals surface area contributed by atoms with Crippen LogP contribution in [0, 0.1) is 11.8 Å². The van der Waals surface area contributed by atoms with Crippen molar-refractivity contribution in [3.63, 3.8) is 0 Å². The second kappa shape index (κ2) is 22.6. The minimum absolute atomic E-state index is 0.654. The fourth-order valence-corrected chi connectivity index (χ4v) is 12.0. The van der Waals surface area contributed by atoms with Crippen LogP contribution in [0.2, 0.25) is 0 Å². The van der Waals surface area contributed by atoms with E-state index in [0.29, 0.717) is 11.8 Å². The van der Waals surface area contributed by atoms with E-state index in [0.717, 1.165) is 0 Å². The Morgan fingerprint density at radius 3 is 1.06 bits per heavy atom. The number of rotatable bonds is 26. The molecular weight excluding hydrogens is 800 g/mol. The molecule has 0 amide bonds. The molecule has 0 aliphatic heterocycles. The van der Waals surface area contributed by atoms with Crippen LogP contribution in [0.1, 0.15) is 204 Å². The summed E-state index contributed by atoms with van der Waals surface area (Å²) in [4.78, 5) is 2.94. The molecule has 52 heavy (non-hydrogen) atoms. The van der Waals surface area contributed by atoms with Gasteiger partial charge in [0.05, 0.1) is 7.57 Å². The number of hydrogen-bond donors (Lipinski definition) is 0. The molecule has 3 aromatic rings. The zero-order valence-corrected chi connectivity index (χ0v) is 38.0. The van der Waals surface area contributed by atoms with Crippen molar-refractivity contribution in [1.82, 2.24) is 0 Å². The van der Waals surface area contributed by atoms with Crippen LogP contribution in [0.25, 0.3) is 32.0 Å². The molecule has 2 aliphatic carbocycles. The summed E-state index contributed by atoms with van der Waals surface area (Å²) in [5, 5.41) is 0. The zero-order chi connectivity index (χ0) is 36.7. The van der Waals surface area contributed by atoms with Crippen molar-refractivity contribution in [2.75, 3.05) is 0 Å². The van der Waals surface area contributed by atoms with E-state index in [9.17, 15) is 0 Å². The van der Waals surface area contributed by atoms with E-state index < -0.39 is 0 Å². The second-order valence-corrected chi connectivity index (χ2v) is 20.9. The van der Waals surface area contributed by atoms with Crippen LogP contribution in [-0.2, 0) is 0 Å². The summed E-state index contributed by atoms with van der Waals surface area (Å²) in [5.41, 5.74) is 11.8. The number of unbranched alkanes of at least 4 members (excludes halogenated alkanes) is 16. The Balaban J connectivity index is 1.48. The van der Waals surface area contributed by atoms with Gasteiger partial charge in [0, 0.05) is 32.0 Å². The van der Waals surface area contributed by atoms with Gasteiger partial charge < -0.3 is 0 Å². The highest BCUT2D eigenvalue weighted by Gasteiger charge is 2.33. The minimum atomic E-state index is 0.654. The van der Waals surface area contributed by atoms with Crippen LogP contribution in [0.4, 0.5) is 0 Å². The number of fused-ring (bicyclic) bond motifs is 6. The maximum Gasteiger partial charge on any atom is 0.0711 e.